The average molecular weight is 292 g/mol. The van der Waals surface area contributed by atoms with Crippen LogP contribution in [0.3, 0.4) is 0 Å². The highest BCUT2D eigenvalue weighted by Gasteiger charge is 2.10. The number of nitrogens with one attached hydrogen (secondary N) is 1. The number of nitrogens with two attached hydrogens (primary N) is 1. The number of para-hydroxylation sites is 1. The number of carbonyl (C=O) groups is 1. The van der Waals surface area contributed by atoms with Crippen molar-refractivity contribution in [2.75, 3.05) is 23.0 Å². The second-order valence-corrected chi connectivity index (χ2v) is 4.68. The minimum atomic E-state index is -0.463. The second kappa shape index (κ2) is 6.95. The molecule has 0 aliphatic carbocycles. The molecule has 0 bridgehead atoms. The van der Waals surface area contributed by atoms with Crippen LogP contribution in [-0.2, 0) is 4.79 Å². The summed E-state index contributed by atoms with van der Waals surface area (Å²) < 4.78 is 0. The molecule has 0 aliphatic rings. The number of nitriles is 1. The van der Waals surface area contributed by atoms with E-state index < -0.39 is 5.91 Å². The standard InChI is InChI=1S/C17H16N4O/c1-21(16-5-3-2-4-6-16)12-13(11-18)17(22)20-15-9-7-14(19)8-10-15/h2-10,12H,19H2,1H3,(H,20,22)/b13-12-. The summed E-state index contributed by atoms with van der Waals surface area (Å²) in [6.45, 7) is 0. The summed E-state index contributed by atoms with van der Waals surface area (Å²) in [6, 6.07) is 18.1. The summed E-state index contributed by atoms with van der Waals surface area (Å²) in [5.41, 5.74) is 7.69. The molecule has 0 aliphatic heterocycles. The zero-order valence-corrected chi connectivity index (χ0v) is 12.2. The molecule has 5 nitrogen and oxygen atoms in total. The Morgan fingerprint density at radius 2 is 1.82 bits per heavy atom. The van der Waals surface area contributed by atoms with Crippen molar-refractivity contribution in [3.05, 3.63) is 66.4 Å². The molecule has 0 radical (unpaired) electrons. The first-order chi connectivity index (χ1) is 10.6. The van der Waals surface area contributed by atoms with Crippen molar-refractivity contribution in [2.24, 2.45) is 0 Å². The van der Waals surface area contributed by atoms with Gasteiger partial charge in [0.25, 0.3) is 5.91 Å². The van der Waals surface area contributed by atoms with Crippen LogP contribution in [0.15, 0.2) is 66.4 Å². The van der Waals surface area contributed by atoms with Gasteiger partial charge in [-0.3, -0.25) is 4.79 Å². The first kappa shape index (κ1) is 15.1. The third-order valence-electron chi connectivity index (χ3n) is 3.02. The summed E-state index contributed by atoms with van der Waals surface area (Å²) in [4.78, 5) is 13.9. The minimum Gasteiger partial charge on any atom is -0.399 e. The normalized spacial score (nSPS) is 10.6. The monoisotopic (exact) mass is 292 g/mol. The number of carbonyl (C=O) groups excluding carboxylic acids is 1. The van der Waals surface area contributed by atoms with Crippen LogP contribution in [0.5, 0.6) is 0 Å². The van der Waals surface area contributed by atoms with Gasteiger partial charge in [-0.25, -0.2) is 0 Å². The maximum absolute atomic E-state index is 12.1. The molecule has 2 rings (SSSR count). The highest BCUT2D eigenvalue weighted by Crippen LogP contribution is 2.14. The van der Waals surface area contributed by atoms with E-state index in [9.17, 15) is 10.1 Å². The van der Waals surface area contributed by atoms with Gasteiger partial charge in [-0.15, -0.1) is 0 Å². The summed E-state index contributed by atoms with van der Waals surface area (Å²) in [6.07, 6.45) is 1.50. The Morgan fingerprint density at radius 3 is 2.41 bits per heavy atom. The maximum Gasteiger partial charge on any atom is 0.267 e. The van der Waals surface area contributed by atoms with E-state index >= 15 is 0 Å². The predicted molar refractivity (Wildman–Crippen MR) is 88.0 cm³/mol. The van der Waals surface area contributed by atoms with Crippen molar-refractivity contribution < 1.29 is 4.79 Å². The van der Waals surface area contributed by atoms with Gasteiger partial charge in [0.1, 0.15) is 11.6 Å². The van der Waals surface area contributed by atoms with Gasteiger partial charge in [-0.05, 0) is 36.4 Å². The summed E-state index contributed by atoms with van der Waals surface area (Å²) in [5, 5.41) is 11.9. The van der Waals surface area contributed by atoms with E-state index in [1.807, 2.05) is 36.4 Å². The average Bonchev–Trinajstić information content (AvgIpc) is 2.55. The van der Waals surface area contributed by atoms with Gasteiger partial charge in [0.05, 0.1) is 0 Å². The molecule has 0 saturated carbocycles. The van der Waals surface area contributed by atoms with Gasteiger partial charge >= 0.3 is 0 Å². The van der Waals surface area contributed by atoms with E-state index in [-0.39, 0.29) is 5.57 Å². The van der Waals surface area contributed by atoms with Crippen molar-refractivity contribution in [3.63, 3.8) is 0 Å². The number of benzene rings is 2. The van der Waals surface area contributed by atoms with E-state index in [2.05, 4.69) is 5.32 Å². The van der Waals surface area contributed by atoms with Crippen LogP contribution in [0.4, 0.5) is 17.1 Å². The predicted octanol–water partition coefficient (Wildman–Crippen LogP) is 2.75. The molecule has 5 heteroatoms. The molecule has 0 saturated heterocycles. The van der Waals surface area contributed by atoms with Gasteiger partial charge in [-0.2, -0.15) is 5.26 Å². The lowest BCUT2D eigenvalue weighted by molar-refractivity contribution is -0.112. The van der Waals surface area contributed by atoms with E-state index in [0.717, 1.165) is 5.69 Å². The van der Waals surface area contributed by atoms with Crippen LogP contribution < -0.4 is 16.0 Å². The quantitative estimate of drug-likeness (QED) is 0.515. The maximum atomic E-state index is 12.1. The Bertz CT molecular complexity index is 715. The lowest BCUT2D eigenvalue weighted by Gasteiger charge is -2.14. The Kier molecular flexibility index (Phi) is 4.78. The van der Waals surface area contributed by atoms with Gasteiger partial charge < -0.3 is 16.0 Å². The number of anilines is 3. The number of hydrogen-bond acceptors (Lipinski definition) is 4. The van der Waals surface area contributed by atoms with Crippen molar-refractivity contribution in [1.82, 2.24) is 0 Å². The molecule has 1 amide bonds. The van der Waals surface area contributed by atoms with Gasteiger partial charge in [0.2, 0.25) is 0 Å². The Balaban J connectivity index is 2.13. The number of nitrogens with zero attached hydrogens (tertiary/aromatic N) is 2. The van der Waals surface area contributed by atoms with Gasteiger partial charge in [0, 0.05) is 30.3 Å². The molecule has 0 spiro atoms. The molecule has 0 atom stereocenters. The fraction of sp³-hybridized carbons (Fsp3) is 0.0588. The van der Waals surface area contributed by atoms with Crippen molar-refractivity contribution >= 4 is 23.0 Å². The highest BCUT2D eigenvalue weighted by molar-refractivity contribution is 6.06. The zero-order valence-electron chi connectivity index (χ0n) is 12.2. The third-order valence-corrected chi connectivity index (χ3v) is 3.02. The SMILES string of the molecule is CN(/C=C(/C#N)C(=O)Nc1ccc(N)cc1)c1ccccc1. The molecule has 0 heterocycles. The largest absolute Gasteiger partial charge is 0.399 e. The van der Waals surface area contributed by atoms with E-state index in [0.29, 0.717) is 11.4 Å². The zero-order chi connectivity index (χ0) is 15.9. The second-order valence-electron chi connectivity index (χ2n) is 4.68. The molecule has 22 heavy (non-hydrogen) atoms. The number of amides is 1. The number of hydrogen-bond donors (Lipinski definition) is 2. The van der Waals surface area contributed by atoms with Crippen LogP contribution in [0, 0.1) is 11.3 Å². The summed E-state index contributed by atoms with van der Waals surface area (Å²) in [7, 11) is 1.78. The van der Waals surface area contributed by atoms with Crippen LogP contribution in [0.25, 0.3) is 0 Å². The lowest BCUT2D eigenvalue weighted by Crippen LogP contribution is -2.17. The molecule has 0 unspecified atom stereocenters. The van der Waals surface area contributed by atoms with Crippen molar-refractivity contribution in [1.29, 1.82) is 5.26 Å². The molecule has 3 N–H and O–H groups in total. The van der Waals surface area contributed by atoms with Crippen LogP contribution in [-0.4, -0.2) is 13.0 Å². The minimum absolute atomic E-state index is 0.0168. The highest BCUT2D eigenvalue weighted by atomic mass is 16.1. The van der Waals surface area contributed by atoms with Gasteiger partial charge in [0.15, 0.2) is 0 Å². The summed E-state index contributed by atoms with van der Waals surface area (Å²) >= 11 is 0. The van der Waals surface area contributed by atoms with Crippen LogP contribution in [0.2, 0.25) is 0 Å². The third kappa shape index (κ3) is 3.87. The molecule has 0 fully saturated rings. The topological polar surface area (TPSA) is 82.2 Å². The smallest absolute Gasteiger partial charge is 0.267 e. The molecule has 0 aromatic heterocycles. The van der Waals surface area contributed by atoms with Crippen LogP contribution >= 0.6 is 0 Å². The van der Waals surface area contributed by atoms with Crippen molar-refractivity contribution in [2.45, 2.75) is 0 Å². The number of rotatable bonds is 4. The van der Waals surface area contributed by atoms with Crippen LogP contribution in [0.1, 0.15) is 0 Å². The molecule has 110 valence electrons. The Morgan fingerprint density at radius 1 is 1.18 bits per heavy atom. The lowest BCUT2D eigenvalue weighted by atomic mass is 10.2. The van der Waals surface area contributed by atoms with Gasteiger partial charge in [-0.1, -0.05) is 18.2 Å². The molecular weight excluding hydrogens is 276 g/mol. The van der Waals surface area contributed by atoms with Crippen molar-refractivity contribution in [3.8, 4) is 6.07 Å². The number of nitrogen functional groups attached to an aromatic ring is 1. The molecule has 2 aromatic rings. The molecule has 2 aromatic carbocycles. The van der Waals surface area contributed by atoms with E-state index in [1.54, 1.807) is 36.2 Å². The fourth-order valence-corrected chi connectivity index (χ4v) is 1.83. The first-order valence-corrected chi connectivity index (χ1v) is 6.67. The summed E-state index contributed by atoms with van der Waals surface area (Å²) in [5.74, 6) is -0.463. The Hall–Kier alpha value is -3.26. The molecular formula is C17H16N4O. The van der Waals surface area contributed by atoms with E-state index in [1.165, 1.54) is 6.20 Å². The first-order valence-electron chi connectivity index (χ1n) is 6.67. The van der Waals surface area contributed by atoms with E-state index in [4.69, 9.17) is 5.73 Å². The fourth-order valence-electron chi connectivity index (χ4n) is 1.83. The Labute approximate surface area is 129 Å².